The van der Waals surface area contributed by atoms with Crippen molar-refractivity contribution in [1.82, 2.24) is 9.97 Å². The zero-order chi connectivity index (χ0) is 13.5. The van der Waals surface area contributed by atoms with E-state index in [1.807, 2.05) is 24.3 Å². The second-order valence-corrected chi connectivity index (χ2v) is 5.09. The van der Waals surface area contributed by atoms with Gasteiger partial charge in [-0.3, -0.25) is 0 Å². The predicted molar refractivity (Wildman–Crippen MR) is 82.9 cm³/mol. The first kappa shape index (κ1) is 11.5. The van der Waals surface area contributed by atoms with Gasteiger partial charge in [0.25, 0.3) is 0 Å². The number of aromatic nitrogens is 2. The van der Waals surface area contributed by atoms with Crippen molar-refractivity contribution in [2.24, 2.45) is 0 Å². The SMILES string of the molecule is Clc1ccnc2[nH]c3ccc(-c4[c]cccc4)cc3c12. The average molecular weight is 278 g/mol. The molecule has 0 atom stereocenters. The number of hydrogen-bond acceptors (Lipinski definition) is 1. The molecule has 2 heterocycles. The molecule has 0 unspecified atom stereocenters. The van der Waals surface area contributed by atoms with Gasteiger partial charge in [-0.05, 0) is 35.4 Å². The van der Waals surface area contributed by atoms with Gasteiger partial charge in [0.05, 0.1) is 5.02 Å². The molecular formula is C17H10ClN2. The number of aromatic amines is 1. The highest BCUT2D eigenvalue weighted by Gasteiger charge is 2.09. The van der Waals surface area contributed by atoms with Gasteiger partial charge >= 0.3 is 0 Å². The van der Waals surface area contributed by atoms with Crippen LogP contribution in [0.5, 0.6) is 0 Å². The lowest BCUT2D eigenvalue weighted by Crippen LogP contribution is -1.77. The topological polar surface area (TPSA) is 28.7 Å². The molecule has 2 aromatic carbocycles. The quantitative estimate of drug-likeness (QED) is 0.530. The molecule has 0 bridgehead atoms. The predicted octanol–water partition coefficient (Wildman–Crippen LogP) is 4.84. The van der Waals surface area contributed by atoms with Crippen LogP contribution in [-0.4, -0.2) is 9.97 Å². The standard InChI is InChI=1S/C17H10ClN2/c18-14-8-9-19-17-16(14)13-10-12(6-7-15(13)20-17)11-4-2-1-3-5-11/h1-4,6-10H,(H,19,20). The molecule has 0 fully saturated rings. The fourth-order valence-corrected chi connectivity index (χ4v) is 2.76. The number of benzene rings is 2. The number of pyridine rings is 1. The molecule has 0 aliphatic heterocycles. The summed E-state index contributed by atoms with van der Waals surface area (Å²) in [5.74, 6) is 0. The molecule has 2 nitrogen and oxygen atoms in total. The number of nitrogens with zero attached hydrogens (tertiary/aromatic N) is 1. The third kappa shape index (κ3) is 1.69. The Balaban J connectivity index is 2.06. The van der Waals surface area contributed by atoms with Gasteiger partial charge in [0.15, 0.2) is 0 Å². The number of rotatable bonds is 1. The van der Waals surface area contributed by atoms with Crippen LogP contribution in [-0.2, 0) is 0 Å². The first-order chi connectivity index (χ1) is 9.83. The minimum Gasteiger partial charge on any atom is -0.339 e. The third-order valence-corrected chi connectivity index (χ3v) is 3.78. The van der Waals surface area contributed by atoms with Gasteiger partial charge in [0, 0.05) is 22.5 Å². The van der Waals surface area contributed by atoms with Crippen LogP contribution in [0.3, 0.4) is 0 Å². The summed E-state index contributed by atoms with van der Waals surface area (Å²) in [6.07, 6.45) is 1.71. The zero-order valence-corrected chi connectivity index (χ0v) is 11.3. The van der Waals surface area contributed by atoms with Crippen LogP contribution >= 0.6 is 11.6 Å². The number of H-pyrrole nitrogens is 1. The first-order valence-corrected chi connectivity index (χ1v) is 6.74. The van der Waals surface area contributed by atoms with Crippen molar-refractivity contribution in [1.29, 1.82) is 0 Å². The van der Waals surface area contributed by atoms with E-state index in [2.05, 4.69) is 40.3 Å². The summed E-state index contributed by atoms with van der Waals surface area (Å²) in [6, 6.07) is 19.3. The lowest BCUT2D eigenvalue weighted by molar-refractivity contribution is 1.35. The minimum atomic E-state index is 0.718. The summed E-state index contributed by atoms with van der Waals surface area (Å²) in [7, 11) is 0. The summed E-state index contributed by atoms with van der Waals surface area (Å²) < 4.78 is 0. The van der Waals surface area contributed by atoms with Gasteiger partial charge in [0.1, 0.15) is 5.65 Å². The van der Waals surface area contributed by atoms with Crippen molar-refractivity contribution in [3.05, 3.63) is 65.8 Å². The largest absolute Gasteiger partial charge is 0.339 e. The molecule has 0 aliphatic rings. The van der Waals surface area contributed by atoms with Gasteiger partial charge in [-0.1, -0.05) is 41.9 Å². The maximum Gasteiger partial charge on any atom is 0.139 e. The monoisotopic (exact) mass is 277 g/mol. The summed E-state index contributed by atoms with van der Waals surface area (Å²) in [5.41, 5.74) is 4.06. The Morgan fingerprint density at radius 2 is 2.05 bits per heavy atom. The Bertz CT molecular complexity index is 910. The zero-order valence-electron chi connectivity index (χ0n) is 10.5. The van der Waals surface area contributed by atoms with Crippen LogP contribution in [0, 0.1) is 6.07 Å². The van der Waals surface area contributed by atoms with E-state index in [9.17, 15) is 0 Å². The Morgan fingerprint density at radius 1 is 1.10 bits per heavy atom. The molecule has 0 saturated heterocycles. The number of hydrogen-bond donors (Lipinski definition) is 1. The van der Waals surface area contributed by atoms with E-state index in [0.29, 0.717) is 0 Å². The van der Waals surface area contributed by atoms with Crippen molar-refractivity contribution in [3.63, 3.8) is 0 Å². The van der Waals surface area contributed by atoms with Crippen molar-refractivity contribution in [2.45, 2.75) is 0 Å². The highest BCUT2D eigenvalue weighted by atomic mass is 35.5. The fraction of sp³-hybridized carbons (Fsp3) is 0. The maximum absolute atomic E-state index is 6.31. The van der Waals surface area contributed by atoms with E-state index < -0.39 is 0 Å². The number of halogens is 1. The van der Waals surface area contributed by atoms with Gasteiger partial charge in [0.2, 0.25) is 0 Å². The lowest BCUT2D eigenvalue weighted by atomic mass is 10.0. The molecule has 2 aromatic heterocycles. The lowest BCUT2D eigenvalue weighted by Gasteiger charge is -2.01. The fourth-order valence-electron chi connectivity index (χ4n) is 2.52. The molecule has 1 radical (unpaired) electrons. The summed E-state index contributed by atoms with van der Waals surface area (Å²) >= 11 is 6.31. The molecule has 4 aromatic rings. The van der Waals surface area contributed by atoms with Crippen LogP contribution in [0.2, 0.25) is 5.02 Å². The second-order valence-electron chi connectivity index (χ2n) is 4.68. The third-order valence-electron chi connectivity index (χ3n) is 3.46. The van der Waals surface area contributed by atoms with E-state index in [1.54, 1.807) is 6.20 Å². The van der Waals surface area contributed by atoms with Gasteiger partial charge in [-0.25, -0.2) is 4.98 Å². The summed E-state index contributed by atoms with van der Waals surface area (Å²) in [6.45, 7) is 0. The molecule has 0 spiro atoms. The van der Waals surface area contributed by atoms with Crippen molar-refractivity contribution in [3.8, 4) is 11.1 Å². The van der Waals surface area contributed by atoms with Crippen LogP contribution in [0.25, 0.3) is 33.1 Å². The number of fused-ring (bicyclic) bond motifs is 3. The maximum atomic E-state index is 6.31. The normalized spacial score (nSPS) is 11.2. The molecule has 95 valence electrons. The summed E-state index contributed by atoms with van der Waals surface area (Å²) in [4.78, 5) is 7.63. The minimum absolute atomic E-state index is 0.718. The molecule has 0 aliphatic carbocycles. The molecule has 0 saturated carbocycles. The highest BCUT2D eigenvalue weighted by Crippen LogP contribution is 2.32. The average Bonchev–Trinajstić information content (AvgIpc) is 2.87. The Hall–Kier alpha value is -2.32. The van der Waals surface area contributed by atoms with Crippen molar-refractivity contribution >= 4 is 33.5 Å². The smallest absolute Gasteiger partial charge is 0.139 e. The molecule has 4 rings (SSSR count). The van der Waals surface area contributed by atoms with Crippen LogP contribution in [0.15, 0.2) is 54.7 Å². The van der Waals surface area contributed by atoms with E-state index in [1.165, 1.54) is 0 Å². The second kappa shape index (κ2) is 4.36. The Kier molecular flexibility index (Phi) is 2.51. The van der Waals surface area contributed by atoms with E-state index in [0.717, 1.165) is 38.1 Å². The van der Waals surface area contributed by atoms with Crippen molar-refractivity contribution in [2.75, 3.05) is 0 Å². The van der Waals surface area contributed by atoms with Crippen LogP contribution < -0.4 is 0 Å². The molecule has 0 amide bonds. The van der Waals surface area contributed by atoms with Gasteiger partial charge in [-0.2, -0.15) is 0 Å². The number of nitrogens with one attached hydrogen (secondary N) is 1. The van der Waals surface area contributed by atoms with Gasteiger partial charge < -0.3 is 4.98 Å². The molecule has 3 heteroatoms. The molecular weight excluding hydrogens is 268 g/mol. The first-order valence-electron chi connectivity index (χ1n) is 6.36. The van der Waals surface area contributed by atoms with E-state index in [-0.39, 0.29) is 0 Å². The Labute approximate surface area is 121 Å². The van der Waals surface area contributed by atoms with Gasteiger partial charge in [-0.15, -0.1) is 0 Å². The van der Waals surface area contributed by atoms with Crippen LogP contribution in [0.4, 0.5) is 0 Å². The molecule has 20 heavy (non-hydrogen) atoms. The molecule has 1 N–H and O–H groups in total. The Morgan fingerprint density at radius 3 is 2.90 bits per heavy atom. The highest BCUT2D eigenvalue weighted by molar-refractivity contribution is 6.37. The summed E-state index contributed by atoms with van der Waals surface area (Å²) in [5, 5.41) is 2.78. The van der Waals surface area contributed by atoms with Crippen molar-refractivity contribution < 1.29 is 0 Å². The van der Waals surface area contributed by atoms with Crippen LogP contribution in [0.1, 0.15) is 0 Å². The van der Waals surface area contributed by atoms with E-state index >= 15 is 0 Å². The van der Waals surface area contributed by atoms with E-state index in [4.69, 9.17) is 11.6 Å².